The largest absolute Gasteiger partial charge is 0.497 e. The Balaban J connectivity index is 1.61. The van der Waals surface area contributed by atoms with Gasteiger partial charge in [-0.2, -0.15) is 0 Å². The Morgan fingerprint density at radius 3 is 2.16 bits per heavy atom. The molecule has 0 spiro atoms. The number of benzene rings is 2. The van der Waals surface area contributed by atoms with Gasteiger partial charge in [0.1, 0.15) is 17.8 Å². The Morgan fingerprint density at radius 1 is 1.00 bits per heavy atom. The van der Waals surface area contributed by atoms with Gasteiger partial charge in [-0.05, 0) is 53.5 Å². The highest BCUT2D eigenvalue weighted by molar-refractivity contribution is 5.97. The van der Waals surface area contributed by atoms with E-state index in [9.17, 15) is 9.59 Å². The van der Waals surface area contributed by atoms with Crippen LogP contribution in [0.3, 0.4) is 0 Å². The number of rotatable bonds is 7. The van der Waals surface area contributed by atoms with E-state index in [1.54, 1.807) is 7.11 Å². The van der Waals surface area contributed by atoms with E-state index in [4.69, 9.17) is 4.74 Å². The topological polar surface area (TPSA) is 58.6 Å². The molecular formula is C26H32N2O3. The van der Waals surface area contributed by atoms with Gasteiger partial charge in [0.15, 0.2) is 0 Å². The number of amides is 2. The number of hydrogen-bond acceptors (Lipinski definition) is 3. The lowest BCUT2D eigenvalue weighted by Crippen LogP contribution is -2.66. The van der Waals surface area contributed by atoms with E-state index in [0.717, 1.165) is 37.0 Å². The quantitative estimate of drug-likeness (QED) is 0.742. The molecule has 164 valence electrons. The van der Waals surface area contributed by atoms with Crippen LogP contribution in [0.25, 0.3) is 0 Å². The van der Waals surface area contributed by atoms with Gasteiger partial charge >= 0.3 is 0 Å². The Labute approximate surface area is 184 Å². The second-order valence-electron chi connectivity index (χ2n) is 8.76. The summed E-state index contributed by atoms with van der Waals surface area (Å²) in [5, 5.41) is 3.13. The molecule has 31 heavy (non-hydrogen) atoms. The molecule has 5 nitrogen and oxygen atoms in total. The molecule has 2 aromatic carbocycles. The lowest BCUT2D eigenvalue weighted by Gasteiger charge is -2.43. The van der Waals surface area contributed by atoms with Crippen LogP contribution in [-0.4, -0.2) is 35.9 Å². The van der Waals surface area contributed by atoms with Crippen LogP contribution in [0.4, 0.5) is 0 Å². The molecule has 0 unspecified atom stereocenters. The summed E-state index contributed by atoms with van der Waals surface area (Å²) in [5.41, 5.74) is 3.59. The van der Waals surface area contributed by atoms with Gasteiger partial charge in [-0.1, -0.05) is 63.1 Å². The molecule has 4 rings (SSSR count). The van der Waals surface area contributed by atoms with E-state index in [0.29, 0.717) is 6.54 Å². The molecular weight excluding hydrogens is 388 g/mol. The number of carbonyl (C=O) groups is 2. The molecule has 0 bridgehead atoms. The predicted molar refractivity (Wildman–Crippen MR) is 121 cm³/mol. The van der Waals surface area contributed by atoms with E-state index in [1.807, 2.05) is 41.3 Å². The maximum atomic E-state index is 13.8. The van der Waals surface area contributed by atoms with Crippen molar-refractivity contribution in [1.82, 2.24) is 10.2 Å². The van der Waals surface area contributed by atoms with Crippen LogP contribution in [0.15, 0.2) is 48.5 Å². The molecule has 1 fully saturated rings. The van der Waals surface area contributed by atoms with Crippen molar-refractivity contribution in [2.45, 2.75) is 58.2 Å². The number of nitrogens with one attached hydrogen (secondary N) is 1. The van der Waals surface area contributed by atoms with Crippen LogP contribution < -0.4 is 10.1 Å². The van der Waals surface area contributed by atoms with Crippen LogP contribution >= 0.6 is 0 Å². The molecule has 1 N–H and O–H groups in total. The number of piperazine rings is 1. The van der Waals surface area contributed by atoms with E-state index < -0.39 is 12.1 Å². The summed E-state index contributed by atoms with van der Waals surface area (Å²) >= 11 is 0. The van der Waals surface area contributed by atoms with E-state index in [2.05, 4.69) is 31.3 Å². The number of methoxy groups -OCH3 is 1. The highest BCUT2D eigenvalue weighted by atomic mass is 16.5. The first-order valence-corrected chi connectivity index (χ1v) is 11.4. The average Bonchev–Trinajstić information content (AvgIpc) is 3.23. The minimum atomic E-state index is -0.469. The zero-order valence-electron chi connectivity index (χ0n) is 18.6. The van der Waals surface area contributed by atoms with Crippen LogP contribution in [0.5, 0.6) is 5.75 Å². The molecule has 0 saturated carbocycles. The SMILES string of the molecule is CCC(CC)[C@@H]1C(=O)N[C@H](C2Cc3ccccc3C2)C(=O)N1Cc1ccc(OC)cc1. The lowest BCUT2D eigenvalue weighted by atomic mass is 9.86. The van der Waals surface area contributed by atoms with Crippen molar-refractivity contribution in [2.24, 2.45) is 11.8 Å². The van der Waals surface area contributed by atoms with Crippen molar-refractivity contribution in [2.75, 3.05) is 7.11 Å². The number of fused-ring (bicyclic) bond motifs is 1. The predicted octanol–water partition coefficient (Wildman–Crippen LogP) is 3.74. The monoisotopic (exact) mass is 420 g/mol. The zero-order valence-corrected chi connectivity index (χ0v) is 18.6. The van der Waals surface area contributed by atoms with Crippen molar-refractivity contribution in [3.8, 4) is 5.75 Å². The molecule has 1 heterocycles. The lowest BCUT2D eigenvalue weighted by molar-refractivity contribution is -0.154. The first-order valence-electron chi connectivity index (χ1n) is 11.4. The highest BCUT2D eigenvalue weighted by Crippen LogP contribution is 2.33. The molecule has 2 amide bonds. The number of nitrogens with zero attached hydrogens (tertiary/aromatic N) is 1. The summed E-state index contributed by atoms with van der Waals surface area (Å²) in [4.78, 5) is 28.9. The van der Waals surface area contributed by atoms with Crippen molar-refractivity contribution < 1.29 is 14.3 Å². The summed E-state index contributed by atoms with van der Waals surface area (Å²) < 4.78 is 5.26. The van der Waals surface area contributed by atoms with Gasteiger partial charge in [-0.3, -0.25) is 9.59 Å². The standard InChI is InChI=1S/C26H32N2O3/c1-4-18(5-2)24-25(29)27-23(21-14-19-8-6-7-9-20(19)15-21)26(30)28(24)16-17-10-12-22(31-3)13-11-17/h6-13,18,21,23-24H,4-5,14-16H2,1-3H3,(H,27,29)/t23-,24-/m1/s1. The van der Waals surface area contributed by atoms with Crippen LogP contribution in [0.2, 0.25) is 0 Å². The van der Waals surface area contributed by atoms with Gasteiger partial charge in [0.05, 0.1) is 7.11 Å². The fourth-order valence-corrected chi connectivity index (χ4v) is 5.21. The van der Waals surface area contributed by atoms with E-state index in [1.165, 1.54) is 11.1 Å². The summed E-state index contributed by atoms with van der Waals surface area (Å²) in [6.07, 6.45) is 3.39. The maximum Gasteiger partial charge on any atom is 0.246 e. The van der Waals surface area contributed by atoms with Crippen LogP contribution in [0.1, 0.15) is 43.4 Å². The van der Waals surface area contributed by atoms with Crippen molar-refractivity contribution >= 4 is 11.8 Å². The molecule has 1 saturated heterocycles. The Kier molecular flexibility index (Phi) is 6.30. The minimum Gasteiger partial charge on any atom is -0.497 e. The van der Waals surface area contributed by atoms with Gasteiger partial charge in [-0.25, -0.2) is 0 Å². The fraction of sp³-hybridized carbons (Fsp3) is 0.462. The summed E-state index contributed by atoms with van der Waals surface area (Å²) in [5.74, 6) is 1.07. The molecule has 1 aliphatic carbocycles. The Hall–Kier alpha value is -2.82. The molecule has 1 aliphatic heterocycles. The van der Waals surface area contributed by atoms with Crippen LogP contribution in [-0.2, 0) is 29.0 Å². The van der Waals surface area contributed by atoms with Gasteiger partial charge in [0, 0.05) is 6.54 Å². The average molecular weight is 421 g/mol. The molecule has 2 aromatic rings. The second-order valence-corrected chi connectivity index (χ2v) is 8.76. The molecule has 0 radical (unpaired) electrons. The first-order chi connectivity index (χ1) is 15.0. The third kappa shape index (κ3) is 4.18. The second kappa shape index (κ2) is 9.13. The number of ether oxygens (including phenoxy) is 1. The van der Waals surface area contributed by atoms with E-state index in [-0.39, 0.29) is 23.7 Å². The van der Waals surface area contributed by atoms with Gasteiger partial charge in [0.2, 0.25) is 11.8 Å². The molecule has 0 aromatic heterocycles. The summed E-state index contributed by atoms with van der Waals surface area (Å²) in [7, 11) is 1.64. The van der Waals surface area contributed by atoms with Gasteiger partial charge < -0.3 is 15.0 Å². The third-order valence-corrected chi connectivity index (χ3v) is 7.01. The Morgan fingerprint density at radius 2 is 1.61 bits per heavy atom. The van der Waals surface area contributed by atoms with Crippen molar-refractivity contribution in [3.63, 3.8) is 0 Å². The first kappa shape index (κ1) is 21.4. The summed E-state index contributed by atoms with van der Waals surface area (Å²) in [6.45, 7) is 4.63. The molecule has 2 atom stereocenters. The normalized spacial score (nSPS) is 21.4. The Bertz CT molecular complexity index is 911. The number of carbonyl (C=O) groups excluding carboxylic acids is 2. The van der Waals surface area contributed by atoms with Crippen molar-refractivity contribution in [1.29, 1.82) is 0 Å². The minimum absolute atomic E-state index is 0.0113. The highest BCUT2D eigenvalue weighted by Gasteiger charge is 2.46. The maximum absolute atomic E-state index is 13.8. The van der Waals surface area contributed by atoms with Crippen LogP contribution in [0, 0.1) is 11.8 Å². The summed E-state index contributed by atoms with van der Waals surface area (Å²) in [6, 6.07) is 15.2. The zero-order chi connectivity index (χ0) is 22.0. The van der Waals surface area contributed by atoms with Gasteiger partial charge in [-0.15, -0.1) is 0 Å². The third-order valence-electron chi connectivity index (χ3n) is 7.01. The molecule has 5 heteroatoms. The fourth-order valence-electron chi connectivity index (χ4n) is 5.21. The number of hydrogen-bond donors (Lipinski definition) is 1. The van der Waals surface area contributed by atoms with Gasteiger partial charge in [0.25, 0.3) is 0 Å². The smallest absolute Gasteiger partial charge is 0.246 e. The molecule has 2 aliphatic rings. The van der Waals surface area contributed by atoms with Crippen molar-refractivity contribution in [3.05, 3.63) is 65.2 Å². The van der Waals surface area contributed by atoms with E-state index >= 15 is 0 Å².